The van der Waals surface area contributed by atoms with Gasteiger partial charge in [-0.2, -0.15) is 5.10 Å². The summed E-state index contributed by atoms with van der Waals surface area (Å²) in [5.74, 6) is 0.344. The summed E-state index contributed by atoms with van der Waals surface area (Å²) in [4.78, 5) is 19.9. The summed E-state index contributed by atoms with van der Waals surface area (Å²) < 4.78 is 1.75. The first kappa shape index (κ1) is 19.3. The number of rotatable bonds is 4. The molecule has 2 aromatic heterocycles. The zero-order valence-electron chi connectivity index (χ0n) is 17.1. The second-order valence-corrected chi connectivity index (χ2v) is 7.82. The number of hydrogen-bond donors (Lipinski definition) is 2. The average molecular weight is 412 g/mol. The van der Waals surface area contributed by atoms with Crippen LogP contribution in [-0.2, 0) is 0 Å². The minimum Gasteiger partial charge on any atom is -0.368 e. The number of nitrogens with two attached hydrogens (primary N) is 1. The molecule has 0 radical (unpaired) electrons. The number of pyridine rings is 1. The van der Waals surface area contributed by atoms with Crippen molar-refractivity contribution in [1.82, 2.24) is 14.8 Å². The normalized spacial score (nSPS) is 16.4. The topological polar surface area (TPSA) is 89.1 Å². The molecule has 31 heavy (non-hydrogen) atoms. The summed E-state index contributed by atoms with van der Waals surface area (Å²) in [6.07, 6.45) is 3.87. The molecular weight excluding hydrogens is 388 g/mol. The van der Waals surface area contributed by atoms with Crippen LogP contribution in [0.15, 0.2) is 72.9 Å². The second-order valence-electron chi connectivity index (χ2n) is 7.82. The number of anilines is 2. The molecule has 0 bridgehead atoms. The van der Waals surface area contributed by atoms with Crippen LogP contribution in [-0.4, -0.2) is 39.8 Å². The van der Waals surface area contributed by atoms with Gasteiger partial charge in [0.05, 0.1) is 23.1 Å². The summed E-state index contributed by atoms with van der Waals surface area (Å²) >= 11 is 0. The first-order valence-electron chi connectivity index (χ1n) is 10.5. The molecule has 1 fully saturated rings. The lowest BCUT2D eigenvalue weighted by molar-refractivity contribution is 0.102. The second kappa shape index (κ2) is 8.20. The molecule has 7 nitrogen and oxygen atoms in total. The molecule has 0 aliphatic carbocycles. The van der Waals surface area contributed by atoms with Crippen LogP contribution in [0.1, 0.15) is 23.3 Å². The lowest BCUT2D eigenvalue weighted by Gasteiger charge is -2.33. The van der Waals surface area contributed by atoms with E-state index in [9.17, 15) is 4.79 Å². The molecule has 3 heterocycles. The molecular formula is C24H24N6O. The van der Waals surface area contributed by atoms with Gasteiger partial charge in [0.2, 0.25) is 0 Å². The van der Waals surface area contributed by atoms with Gasteiger partial charge in [-0.1, -0.05) is 36.4 Å². The minimum absolute atomic E-state index is 0.153. The molecule has 1 amide bonds. The van der Waals surface area contributed by atoms with Crippen molar-refractivity contribution < 1.29 is 4.79 Å². The lowest BCUT2D eigenvalue weighted by atomic mass is 10.1. The number of nitrogens with one attached hydrogen (secondary N) is 1. The monoisotopic (exact) mass is 412 g/mol. The van der Waals surface area contributed by atoms with Gasteiger partial charge in [-0.25, -0.2) is 9.67 Å². The number of amides is 1. The highest BCUT2D eigenvalue weighted by Crippen LogP contribution is 2.28. The molecule has 156 valence electrons. The Morgan fingerprint density at radius 2 is 1.87 bits per heavy atom. The van der Waals surface area contributed by atoms with E-state index in [4.69, 9.17) is 5.73 Å². The Morgan fingerprint density at radius 1 is 1.03 bits per heavy atom. The summed E-state index contributed by atoms with van der Waals surface area (Å²) in [5, 5.41) is 8.49. The number of aromatic nitrogens is 3. The fourth-order valence-corrected chi connectivity index (χ4v) is 4.09. The van der Waals surface area contributed by atoms with Gasteiger partial charge in [0.25, 0.3) is 5.91 Å². The maximum absolute atomic E-state index is 13.1. The number of para-hydroxylation sites is 3. The lowest BCUT2D eigenvalue weighted by Crippen LogP contribution is -2.43. The van der Waals surface area contributed by atoms with Crippen molar-refractivity contribution in [2.24, 2.45) is 5.73 Å². The van der Waals surface area contributed by atoms with Gasteiger partial charge in [0.15, 0.2) is 5.82 Å². The van der Waals surface area contributed by atoms with Gasteiger partial charge >= 0.3 is 0 Å². The number of fused-ring (bicyclic) bond motifs is 1. The number of carbonyl (C=O) groups excluding carboxylic acids is 1. The largest absolute Gasteiger partial charge is 0.368 e. The van der Waals surface area contributed by atoms with Gasteiger partial charge in [0, 0.05) is 24.5 Å². The zero-order chi connectivity index (χ0) is 21.2. The fraction of sp³-hybridized carbons (Fsp3) is 0.208. The van der Waals surface area contributed by atoms with Crippen molar-refractivity contribution in [2.75, 3.05) is 23.3 Å². The molecule has 1 aliphatic rings. The number of benzene rings is 2. The van der Waals surface area contributed by atoms with Gasteiger partial charge in [-0.3, -0.25) is 4.79 Å². The molecule has 2 aromatic carbocycles. The van der Waals surface area contributed by atoms with Gasteiger partial charge in [-0.15, -0.1) is 0 Å². The van der Waals surface area contributed by atoms with E-state index < -0.39 is 0 Å². The van der Waals surface area contributed by atoms with Crippen molar-refractivity contribution in [3.05, 3.63) is 78.6 Å². The number of piperidine rings is 1. The first-order chi connectivity index (χ1) is 15.2. The Kier molecular flexibility index (Phi) is 5.09. The summed E-state index contributed by atoms with van der Waals surface area (Å²) in [6, 6.07) is 21.3. The molecule has 0 saturated carbocycles. The first-order valence-corrected chi connectivity index (χ1v) is 10.5. The highest BCUT2D eigenvalue weighted by atomic mass is 16.1. The Morgan fingerprint density at radius 3 is 2.77 bits per heavy atom. The molecule has 4 aromatic rings. The molecule has 1 saturated heterocycles. The van der Waals surface area contributed by atoms with Crippen LogP contribution in [0, 0.1) is 0 Å². The van der Waals surface area contributed by atoms with E-state index in [-0.39, 0.29) is 11.9 Å². The van der Waals surface area contributed by atoms with Gasteiger partial charge < -0.3 is 16.0 Å². The number of hydrogen-bond acceptors (Lipinski definition) is 5. The highest BCUT2D eigenvalue weighted by Gasteiger charge is 2.20. The third-order valence-electron chi connectivity index (χ3n) is 5.61. The molecule has 0 unspecified atom stereocenters. The molecule has 1 aliphatic heterocycles. The average Bonchev–Trinajstić information content (AvgIpc) is 3.24. The van der Waals surface area contributed by atoms with Crippen molar-refractivity contribution in [3.63, 3.8) is 0 Å². The maximum atomic E-state index is 13.1. The van der Waals surface area contributed by atoms with Crippen molar-refractivity contribution in [3.8, 4) is 5.82 Å². The van der Waals surface area contributed by atoms with Crippen LogP contribution in [0.2, 0.25) is 0 Å². The van der Waals surface area contributed by atoms with E-state index in [1.807, 2.05) is 60.7 Å². The predicted molar refractivity (Wildman–Crippen MR) is 123 cm³/mol. The Labute approximate surface area is 180 Å². The zero-order valence-corrected chi connectivity index (χ0v) is 17.1. The summed E-state index contributed by atoms with van der Waals surface area (Å²) in [7, 11) is 0. The Bertz CT molecular complexity index is 1230. The Hall–Kier alpha value is -3.71. The predicted octanol–water partition coefficient (Wildman–Crippen LogP) is 3.60. The standard InChI is InChI=1S/C24H24N6O/c25-18-8-6-14-29(16-18)22-12-4-2-9-19(22)28-24(31)20-10-5-13-23(27-20)30-21-11-3-1-7-17(21)15-26-30/h1-5,7,9-13,15,18H,6,8,14,16,25H2,(H,28,31)/t18-/m1/s1. The van der Waals surface area contributed by atoms with Crippen LogP contribution >= 0.6 is 0 Å². The SMILES string of the molecule is N[C@@H]1CCCN(c2ccccc2NC(=O)c2cccc(-n3ncc4ccccc43)n2)C1. The quantitative estimate of drug-likeness (QED) is 0.535. The molecule has 7 heteroatoms. The summed E-state index contributed by atoms with van der Waals surface area (Å²) in [6.45, 7) is 1.72. The molecule has 5 rings (SSSR count). The third kappa shape index (κ3) is 3.87. The third-order valence-corrected chi connectivity index (χ3v) is 5.61. The van der Waals surface area contributed by atoms with E-state index >= 15 is 0 Å². The summed E-state index contributed by atoms with van der Waals surface area (Å²) in [5.41, 5.74) is 9.19. The fourth-order valence-electron chi connectivity index (χ4n) is 4.09. The van der Waals surface area contributed by atoms with Crippen LogP contribution in [0.25, 0.3) is 16.7 Å². The number of carbonyl (C=O) groups is 1. The molecule has 1 atom stereocenters. The smallest absolute Gasteiger partial charge is 0.274 e. The van der Waals surface area contributed by atoms with E-state index in [0.717, 1.165) is 48.2 Å². The van der Waals surface area contributed by atoms with Crippen molar-refractivity contribution in [1.29, 1.82) is 0 Å². The van der Waals surface area contributed by atoms with Crippen LogP contribution in [0.5, 0.6) is 0 Å². The maximum Gasteiger partial charge on any atom is 0.274 e. The number of nitrogens with zero attached hydrogens (tertiary/aromatic N) is 4. The Balaban J connectivity index is 1.42. The van der Waals surface area contributed by atoms with E-state index in [1.165, 1.54) is 0 Å². The van der Waals surface area contributed by atoms with Crippen LogP contribution in [0.4, 0.5) is 11.4 Å². The van der Waals surface area contributed by atoms with E-state index in [1.54, 1.807) is 16.9 Å². The highest BCUT2D eigenvalue weighted by molar-refractivity contribution is 6.04. The van der Waals surface area contributed by atoms with Gasteiger partial charge in [-0.05, 0) is 43.2 Å². The van der Waals surface area contributed by atoms with E-state index in [2.05, 4.69) is 20.3 Å². The van der Waals surface area contributed by atoms with Crippen LogP contribution < -0.4 is 16.0 Å². The van der Waals surface area contributed by atoms with E-state index in [0.29, 0.717) is 11.5 Å². The van der Waals surface area contributed by atoms with Crippen molar-refractivity contribution >= 4 is 28.2 Å². The molecule has 0 spiro atoms. The van der Waals surface area contributed by atoms with Gasteiger partial charge in [0.1, 0.15) is 5.69 Å². The minimum atomic E-state index is -0.257. The van der Waals surface area contributed by atoms with Crippen molar-refractivity contribution in [2.45, 2.75) is 18.9 Å². The molecule has 3 N–H and O–H groups in total. The van der Waals surface area contributed by atoms with Crippen LogP contribution in [0.3, 0.4) is 0 Å².